The van der Waals surface area contributed by atoms with E-state index in [0.717, 1.165) is 27.6 Å². The number of rotatable bonds is 4. The third-order valence-electron chi connectivity index (χ3n) is 14.2. The first kappa shape index (κ1) is 36.1. The second-order valence-electron chi connectivity index (χ2n) is 17.5. The van der Waals surface area contributed by atoms with E-state index < -0.39 is 5.41 Å². The summed E-state index contributed by atoms with van der Waals surface area (Å²) < 4.78 is 0. The van der Waals surface area contributed by atoms with Crippen molar-refractivity contribution in [2.24, 2.45) is 0 Å². The standard InChI is InChI=1S/C60H37BN4/c1-2-14-38(15-3-1)40-26-29-41(30-27-40)57-62-58(43-31-28-39-16-4-5-17-42(39)36-43)64-59(63-57)44-32-33-54-49(37-44)47-20-9-13-25-55(47)65-35-34-53-56(61(54)65)48-21-8-12-24-52(48)60(53)50-22-10-6-18-45(50)46-19-7-11-23-51(46)60/h1-37H. The summed E-state index contributed by atoms with van der Waals surface area (Å²) in [5.74, 6) is 1.92. The Morgan fingerprint density at radius 3 is 1.60 bits per heavy atom. The molecule has 0 saturated carbocycles. The normalized spacial score (nSPS) is 14.4. The molecule has 0 radical (unpaired) electrons. The summed E-state index contributed by atoms with van der Waals surface area (Å²) in [5.41, 5.74) is 20.3. The quantitative estimate of drug-likeness (QED) is 0.166. The Morgan fingerprint density at radius 2 is 0.877 bits per heavy atom. The molecule has 10 aromatic rings. The Morgan fingerprint density at radius 1 is 0.369 bits per heavy atom. The van der Waals surface area contributed by atoms with Crippen LogP contribution in [0.2, 0.25) is 0 Å². The highest BCUT2D eigenvalue weighted by Crippen LogP contribution is 2.63. The second kappa shape index (κ2) is 13.8. The Bertz CT molecular complexity index is 3640. The lowest BCUT2D eigenvalue weighted by molar-refractivity contribution is 0.785. The van der Waals surface area contributed by atoms with Gasteiger partial charge in [0.05, 0.1) is 5.41 Å². The Kier molecular flexibility index (Phi) is 7.67. The fraction of sp³-hybridized carbons (Fsp3) is 0.0167. The molecular formula is C60H37BN4. The van der Waals surface area contributed by atoms with E-state index in [1.165, 1.54) is 77.7 Å². The maximum atomic E-state index is 5.28. The van der Waals surface area contributed by atoms with Crippen molar-refractivity contribution in [1.29, 1.82) is 0 Å². The van der Waals surface area contributed by atoms with Crippen LogP contribution in [0, 0.1) is 0 Å². The van der Waals surface area contributed by atoms with Crippen molar-refractivity contribution < 1.29 is 0 Å². The SMILES string of the molecule is C1=CN2B(C3=C1C1(c4ccccc43)c3ccccc3-c3ccccc31)c1ccc(-c3nc(-c4ccc(-c5ccccc5)cc4)nc(-c4ccc5ccccc5c4)n3)cc1-c1ccccc12. The predicted octanol–water partition coefficient (Wildman–Crippen LogP) is 13.2. The van der Waals surface area contributed by atoms with Crippen molar-refractivity contribution in [3.63, 3.8) is 0 Å². The zero-order valence-corrected chi connectivity index (χ0v) is 35.2. The van der Waals surface area contributed by atoms with Crippen LogP contribution in [0.3, 0.4) is 0 Å². The first-order chi connectivity index (χ1) is 32.2. The first-order valence-electron chi connectivity index (χ1n) is 22.4. The molecule has 0 saturated heterocycles. The highest BCUT2D eigenvalue weighted by molar-refractivity contribution is 6.95. The Labute approximate surface area is 377 Å². The number of allylic oxidation sites excluding steroid dienone is 2. The van der Waals surface area contributed by atoms with E-state index in [0.29, 0.717) is 17.5 Å². The van der Waals surface area contributed by atoms with Crippen LogP contribution in [0.15, 0.2) is 230 Å². The molecule has 3 heterocycles. The molecule has 0 bridgehead atoms. The van der Waals surface area contributed by atoms with Gasteiger partial charge >= 0.3 is 6.85 Å². The van der Waals surface area contributed by atoms with Gasteiger partial charge in [0.15, 0.2) is 17.5 Å². The predicted molar refractivity (Wildman–Crippen MR) is 267 cm³/mol. The summed E-state index contributed by atoms with van der Waals surface area (Å²) in [4.78, 5) is 18.2. The monoisotopic (exact) mass is 824 g/mol. The molecule has 0 fully saturated rings. The van der Waals surface area contributed by atoms with Gasteiger partial charge in [-0.2, -0.15) is 0 Å². The third kappa shape index (κ3) is 5.18. The number of aromatic nitrogens is 3. The number of hydrogen-bond acceptors (Lipinski definition) is 4. The molecule has 0 amide bonds. The summed E-state index contributed by atoms with van der Waals surface area (Å²) >= 11 is 0. The highest BCUT2D eigenvalue weighted by atomic mass is 15.1. The van der Waals surface area contributed by atoms with Gasteiger partial charge in [0.2, 0.25) is 0 Å². The van der Waals surface area contributed by atoms with Gasteiger partial charge < -0.3 is 4.81 Å². The summed E-state index contributed by atoms with van der Waals surface area (Å²) in [6, 6.07) is 76.8. The van der Waals surface area contributed by atoms with Crippen LogP contribution in [0.25, 0.3) is 83.8 Å². The number of hydrogen-bond donors (Lipinski definition) is 0. The van der Waals surface area contributed by atoms with Gasteiger partial charge in [0.25, 0.3) is 0 Å². The minimum absolute atomic E-state index is 0.0559. The molecule has 2 aliphatic heterocycles. The first-order valence-corrected chi connectivity index (χ1v) is 22.4. The van der Waals surface area contributed by atoms with Crippen LogP contribution in [-0.4, -0.2) is 21.8 Å². The van der Waals surface area contributed by atoms with E-state index in [1.54, 1.807) is 0 Å². The van der Waals surface area contributed by atoms with Gasteiger partial charge in [-0.3, -0.25) is 0 Å². The van der Waals surface area contributed by atoms with Gasteiger partial charge in [0.1, 0.15) is 0 Å². The fourth-order valence-electron chi connectivity index (χ4n) is 11.4. The molecule has 9 aromatic carbocycles. The van der Waals surface area contributed by atoms with E-state index >= 15 is 0 Å². The van der Waals surface area contributed by atoms with E-state index in [-0.39, 0.29) is 6.85 Å². The molecule has 4 nitrogen and oxygen atoms in total. The average molecular weight is 825 g/mol. The topological polar surface area (TPSA) is 41.9 Å². The third-order valence-corrected chi connectivity index (χ3v) is 14.2. The summed E-state index contributed by atoms with van der Waals surface area (Å²) in [6.07, 6.45) is 4.75. The van der Waals surface area contributed by atoms with Gasteiger partial charge in [-0.05, 0) is 108 Å². The molecular weight excluding hydrogens is 787 g/mol. The molecule has 65 heavy (non-hydrogen) atoms. The van der Waals surface area contributed by atoms with Crippen LogP contribution in [0.1, 0.15) is 22.3 Å². The van der Waals surface area contributed by atoms with Crippen LogP contribution in [0.4, 0.5) is 5.69 Å². The molecule has 14 rings (SSSR count). The lowest BCUT2D eigenvalue weighted by Crippen LogP contribution is -2.52. The maximum absolute atomic E-state index is 5.28. The van der Waals surface area contributed by atoms with E-state index in [9.17, 15) is 0 Å². The molecule has 0 N–H and O–H groups in total. The van der Waals surface area contributed by atoms with Gasteiger partial charge in [0, 0.05) is 27.9 Å². The average Bonchev–Trinajstić information content (AvgIpc) is 3.86. The number of anilines is 1. The number of fused-ring (bicyclic) bond motifs is 17. The molecule has 0 atom stereocenters. The van der Waals surface area contributed by atoms with Crippen molar-refractivity contribution in [3.05, 3.63) is 252 Å². The molecule has 1 aromatic heterocycles. The summed E-state index contributed by atoms with van der Waals surface area (Å²) in [5, 5.41) is 2.32. The van der Waals surface area contributed by atoms with Crippen molar-refractivity contribution in [2.45, 2.75) is 5.41 Å². The molecule has 2 aliphatic carbocycles. The van der Waals surface area contributed by atoms with E-state index in [4.69, 9.17) is 15.0 Å². The highest BCUT2D eigenvalue weighted by Gasteiger charge is 2.56. The van der Waals surface area contributed by atoms with Gasteiger partial charge in [-0.25, -0.2) is 15.0 Å². The molecule has 300 valence electrons. The van der Waals surface area contributed by atoms with Crippen molar-refractivity contribution in [1.82, 2.24) is 15.0 Å². The smallest absolute Gasteiger partial charge is 0.329 e. The Hall–Kier alpha value is -8.41. The van der Waals surface area contributed by atoms with Crippen molar-refractivity contribution in [3.8, 4) is 67.5 Å². The second-order valence-corrected chi connectivity index (χ2v) is 17.5. The number of benzene rings is 9. The van der Waals surface area contributed by atoms with Crippen LogP contribution >= 0.6 is 0 Å². The lowest BCUT2D eigenvalue weighted by Gasteiger charge is -2.40. The zero-order chi connectivity index (χ0) is 42.6. The van der Waals surface area contributed by atoms with Crippen LogP contribution in [0.5, 0.6) is 0 Å². The molecule has 5 heteroatoms. The van der Waals surface area contributed by atoms with Crippen LogP contribution < -0.4 is 10.3 Å². The van der Waals surface area contributed by atoms with Gasteiger partial charge in [-0.15, -0.1) is 0 Å². The minimum atomic E-state index is -0.418. The lowest BCUT2D eigenvalue weighted by atomic mass is 9.43. The molecule has 4 aliphatic rings. The molecule has 0 unspecified atom stereocenters. The largest absolute Gasteiger partial charge is 0.383 e. The summed E-state index contributed by atoms with van der Waals surface area (Å²) in [6.45, 7) is -0.0559. The van der Waals surface area contributed by atoms with E-state index in [2.05, 4.69) is 223 Å². The van der Waals surface area contributed by atoms with Crippen molar-refractivity contribution >= 4 is 34.2 Å². The van der Waals surface area contributed by atoms with Gasteiger partial charge in [-0.1, -0.05) is 194 Å². The molecule has 1 spiro atoms. The minimum Gasteiger partial charge on any atom is -0.383 e. The summed E-state index contributed by atoms with van der Waals surface area (Å²) in [7, 11) is 0. The van der Waals surface area contributed by atoms with E-state index in [1.807, 2.05) is 6.07 Å². The number of para-hydroxylation sites is 1. The fourth-order valence-corrected chi connectivity index (χ4v) is 11.4. The number of nitrogens with zero attached hydrogens (tertiary/aromatic N) is 4. The van der Waals surface area contributed by atoms with Crippen LogP contribution in [-0.2, 0) is 5.41 Å². The van der Waals surface area contributed by atoms with Crippen molar-refractivity contribution in [2.75, 3.05) is 4.81 Å². The Balaban J connectivity index is 0.961. The zero-order valence-electron chi connectivity index (χ0n) is 35.2. The maximum Gasteiger partial charge on any atom is 0.329 e.